The fourth-order valence-corrected chi connectivity index (χ4v) is 2.06. The van der Waals surface area contributed by atoms with Crippen LogP contribution in [-0.4, -0.2) is 28.0 Å². The van der Waals surface area contributed by atoms with Crippen molar-refractivity contribution in [1.82, 2.24) is 10.3 Å². The first-order valence-electron chi connectivity index (χ1n) is 5.76. The number of hydrogen-bond acceptors (Lipinski definition) is 5. The van der Waals surface area contributed by atoms with E-state index in [-0.39, 0.29) is 12.2 Å². The molecule has 0 aliphatic heterocycles. The number of hydrogen-bond donors (Lipinski definition) is 3. The number of amides is 1. The number of carbonyl (C=O) groups excluding carboxylic acids is 1. The van der Waals surface area contributed by atoms with Crippen molar-refractivity contribution in [1.29, 1.82) is 0 Å². The van der Waals surface area contributed by atoms with Crippen LogP contribution in [0.3, 0.4) is 0 Å². The van der Waals surface area contributed by atoms with Gasteiger partial charge >= 0.3 is 5.97 Å². The molecule has 4 N–H and O–H groups in total. The number of carbonyl (C=O) groups is 2. The van der Waals surface area contributed by atoms with Crippen LogP contribution in [0.1, 0.15) is 41.7 Å². The number of unbranched alkanes of at least 4 members (excludes halogenated alkanes) is 1. The molecule has 18 heavy (non-hydrogen) atoms. The van der Waals surface area contributed by atoms with Crippen molar-refractivity contribution in [3.8, 4) is 0 Å². The van der Waals surface area contributed by atoms with E-state index >= 15 is 0 Å². The van der Waals surface area contributed by atoms with Crippen LogP contribution in [0.4, 0.5) is 0 Å². The molecular formula is C11H17N3O3S. The zero-order valence-electron chi connectivity index (χ0n) is 10.2. The second-order valence-electron chi connectivity index (χ2n) is 3.84. The minimum absolute atomic E-state index is 0.225. The van der Waals surface area contributed by atoms with Crippen molar-refractivity contribution in [2.75, 3.05) is 0 Å². The normalized spacial score (nSPS) is 12.1. The Labute approximate surface area is 109 Å². The highest BCUT2D eigenvalue weighted by molar-refractivity contribution is 7.09. The van der Waals surface area contributed by atoms with Crippen molar-refractivity contribution in [2.45, 2.75) is 38.8 Å². The quantitative estimate of drug-likeness (QED) is 0.685. The SMILES string of the molecule is CCCCC(NC(=O)c1csc(CN)n1)C(=O)O. The molecule has 0 bridgehead atoms. The molecule has 0 aliphatic carbocycles. The van der Waals surface area contributed by atoms with Crippen LogP contribution in [0.5, 0.6) is 0 Å². The van der Waals surface area contributed by atoms with Crippen LogP contribution in [-0.2, 0) is 11.3 Å². The summed E-state index contributed by atoms with van der Waals surface area (Å²) < 4.78 is 0. The maximum atomic E-state index is 11.8. The number of nitrogens with zero attached hydrogens (tertiary/aromatic N) is 1. The molecule has 0 saturated heterocycles. The van der Waals surface area contributed by atoms with Crippen molar-refractivity contribution >= 4 is 23.2 Å². The Balaban J connectivity index is 2.62. The molecule has 7 heteroatoms. The molecule has 1 amide bonds. The first kappa shape index (κ1) is 14.6. The number of nitrogens with one attached hydrogen (secondary N) is 1. The van der Waals surface area contributed by atoms with Crippen LogP contribution in [0, 0.1) is 0 Å². The fourth-order valence-electron chi connectivity index (χ4n) is 1.41. The fraction of sp³-hybridized carbons (Fsp3) is 0.545. The summed E-state index contributed by atoms with van der Waals surface area (Å²) in [5.41, 5.74) is 5.63. The van der Waals surface area contributed by atoms with E-state index in [1.165, 1.54) is 11.3 Å². The Hall–Kier alpha value is -1.47. The summed E-state index contributed by atoms with van der Waals surface area (Å²) in [6.07, 6.45) is 2.06. The van der Waals surface area contributed by atoms with Gasteiger partial charge < -0.3 is 16.2 Å². The van der Waals surface area contributed by atoms with E-state index in [1.807, 2.05) is 6.92 Å². The maximum Gasteiger partial charge on any atom is 0.326 e. The van der Waals surface area contributed by atoms with Gasteiger partial charge in [0.1, 0.15) is 16.7 Å². The van der Waals surface area contributed by atoms with Crippen molar-refractivity contribution < 1.29 is 14.7 Å². The van der Waals surface area contributed by atoms with Crippen molar-refractivity contribution in [3.63, 3.8) is 0 Å². The summed E-state index contributed by atoms with van der Waals surface area (Å²) in [5.74, 6) is -1.49. The molecule has 1 aromatic rings. The summed E-state index contributed by atoms with van der Waals surface area (Å²) in [6, 6.07) is -0.861. The predicted octanol–water partition coefficient (Wildman–Crippen LogP) is 0.975. The highest BCUT2D eigenvalue weighted by atomic mass is 32.1. The second kappa shape index (κ2) is 7.07. The molecule has 0 aromatic carbocycles. The van der Waals surface area contributed by atoms with Gasteiger partial charge in [0.05, 0.1) is 0 Å². The van der Waals surface area contributed by atoms with Gasteiger partial charge in [0, 0.05) is 11.9 Å². The number of rotatable bonds is 7. The van der Waals surface area contributed by atoms with E-state index in [0.717, 1.165) is 12.8 Å². The highest BCUT2D eigenvalue weighted by Crippen LogP contribution is 2.09. The van der Waals surface area contributed by atoms with Gasteiger partial charge in [-0.2, -0.15) is 0 Å². The third-order valence-electron chi connectivity index (χ3n) is 2.41. The molecule has 1 atom stereocenters. The van der Waals surface area contributed by atoms with Gasteiger partial charge in [0.2, 0.25) is 0 Å². The number of nitrogens with two attached hydrogens (primary N) is 1. The molecule has 1 heterocycles. The lowest BCUT2D eigenvalue weighted by Crippen LogP contribution is -2.40. The average molecular weight is 271 g/mol. The van der Waals surface area contributed by atoms with Crippen LogP contribution in [0.2, 0.25) is 0 Å². The summed E-state index contributed by atoms with van der Waals surface area (Å²) in [5, 5.41) is 13.7. The standard InChI is InChI=1S/C11H17N3O3S/c1-2-3-4-7(11(16)17)14-10(15)8-6-18-9(5-12)13-8/h6-7H,2-5,12H2,1H3,(H,14,15)(H,16,17). The van der Waals surface area contributed by atoms with Crippen LogP contribution < -0.4 is 11.1 Å². The molecule has 1 unspecified atom stereocenters. The molecule has 0 aliphatic rings. The Morgan fingerprint density at radius 2 is 2.33 bits per heavy atom. The van der Waals surface area contributed by atoms with Gasteiger partial charge in [0.15, 0.2) is 0 Å². The summed E-state index contributed by atoms with van der Waals surface area (Å²) >= 11 is 1.29. The lowest BCUT2D eigenvalue weighted by atomic mass is 10.1. The largest absolute Gasteiger partial charge is 0.480 e. The Bertz CT molecular complexity index is 419. The predicted molar refractivity (Wildman–Crippen MR) is 68.4 cm³/mol. The van der Waals surface area contributed by atoms with Crippen LogP contribution in [0.15, 0.2) is 5.38 Å². The molecule has 0 fully saturated rings. The van der Waals surface area contributed by atoms with E-state index < -0.39 is 17.9 Å². The minimum atomic E-state index is -1.02. The van der Waals surface area contributed by atoms with E-state index in [1.54, 1.807) is 5.38 Å². The summed E-state index contributed by atoms with van der Waals surface area (Å²) in [6.45, 7) is 2.24. The van der Waals surface area contributed by atoms with Crippen molar-refractivity contribution in [3.05, 3.63) is 16.1 Å². The van der Waals surface area contributed by atoms with Gasteiger partial charge in [-0.1, -0.05) is 19.8 Å². The smallest absolute Gasteiger partial charge is 0.326 e. The number of carboxylic acids is 1. The van der Waals surface area contributed by atoms with Gasteiger partial charge in [-0.25, -0.2) is 9.78 Å². The molecule has 1 rings (SSSR count). The summed E-state index contributed by atoms with van der Waals surface area (Å²) in [4.78, 5) is 26.8. The Kier molecular flexibility index (Phi) is 5.73. The summed E-state index contributed by atoms with van der Waals surface area (Å²) in [7, 11) is 0. The number of aliphatic carboxylic acids is 1. The second-order valence-corrected chi connectivity index (χ2v) is 4.78. The lowest BCUT2D eigenvalue weighted by Gasteiger charge is -2.12. The number of thiazole rings is 1. The molecular weight excluding hydrogens is 254 g/mol. The maximum absolute atomic E-state index is 11.8. The third-order valence-corrected chi connectivity index (χ3v) is 3.28. The van der Waals surface area contributed by atoms with E-state index in [2.05, 4.69) is 10.3 Å². The van der Waals surface area contributed by atoms with Gasteiger partial charge in [-0.3, -0.25) is 4.79 Å². The van der Waals surface area contributed by atoms with E-state index in [4.69, 9.17) is 10.8 Å². The molecule has 0 radical (unpaired) electrons. The first-order valence-corrected chi connectivity index (χ1v) is 6.64. The van der Waals surface area contributed by atoms with Crippen LogP contribution >= 0.6 is 11.3 Å². The van der Waals surface area contributed by atoms with Gasteiger partial charge in [-0.15, -0.1) is 11.3 Å². The molecule has 100 valence electrons. The number of carboxylic acid groups (broad SMARTS) is 1. The van der Waals surface area contributed by atoms with Crippen molar-refractivity contribution in [2.24, 2.45) is 5.73 Å². The lowest BCUT2D eigenvalue weighted by molar-refractivity contribution is -0.139. The Morgan fingerprint density at radius 1 is 1.61 bits per heavy atom. The number of aromatic nitrogens is 1. The zero-order valence-corrected chi connectivity index (χ0v) is 11.0. The minimum Gasteiger partial charge on any atom is -0.480 e. The molecule has 0 spiro atoms. The van der Waals surface area contributed by atoms with E-state index in [9.17, 15) is 9.59 Å². The Morgan fingerprint density at radius 3 is 2.83 bits per heavy atom. The molecule has 1 aromatic heterocycles. The highest BCUT2D eigenvalue weighted by Gasteiger charge is 2.21. The third kappa shape index (κ3) is 4.08. The monoisotopic (exact) mass is 271 g/mol. The van der Waals surface area contributed by atoms with E-state index in [0.29, 0.717) is 11.4 Å². The zero-order chi connectivity index (χ0) is 13.5. The molecule has 0 saturated carbocycles. The van der Waals surface area contributed by atoms with Gasteiger partial charge in [0.25, 0.3) is 5.91 Å². The van der Waals surface area contributed by atoms with Crippen LogP contribution in [0.25, 0.3) is 0 Å². The van der Waals surface area contributed by atoms with Gasteiger partial charge in [-0.05, 0) is 6.42 Å². The molecule has 6 nitrogen and oxygen atoms in total. The average Bonchev–Trinajstić information content (AvgIpc) is 2.82. The topological polar surface area (TPSA) is 105 Å². The first-order chi connectivity index (χ1) is 8.58.